The SMILES string of the molecule is CCc1cc(CC(NN)c2cccs2)n(C)n1. The number of hydrogen-bond acceptors (Lipinski definition) is 4. The van der Waals surface area contributed by atoms with Crippen molar-refractivity contribution in [2.45, 2.75) is 25.8 Å². The third-order valence-corrected chi connectivity index (χ3v) is 3.88. The van der Waals surface area contributed by atoms with Crippen LogP contribution in [-0.4, -0.2) is 9.78 Å². The normalized spacial score (nSPS) is 12.9. The van der Waals surface area contributed by atoms with Crippen LogP contribution < -0.4 is 11.3 Å². The van der Waals surface area contributed by atoms with Crippen LogP contribution in [0.25, 0.3) is 0 Å². The predicted molar refractivity (Wildman–Crippen MR) is 70.7 cm³/mol. The molecule has 1 unspecified atom stereocenters. The lowest BCUT2D eigenvalue weighted by Crippen LogP contribution is -2.29. The van der Waals surface area contributed by atoms with E-state index in [1.54, 1.807) is 11.3 Å². The standard InChI is InChI=1S/C12H18N4S/c1-3-9-7-10(16(2)15-9)8-11(14-13)12-5-4-6-17-12/h4-7,11,14H,3,8,13H2,1-2H3. The number of aryl methyl sites for hydroxylation is 2. The maximum absolute atomic E-state index is 5.63. The molecule has 0 bridgehead atoms. The van der Waals surface area contributed by atoms with Crippen LogP contribution in [0.4, 0.5) is 0 Å². The van der Waals surface area contributed by atoms with Crippen LogP contribution in [0.15, 0.2) is 23.6 Å². The van der Waals surface area contributed by atoms with Crippen molar-refractivity contribution in [2.75, 3.05) is 0 Å². The molecule has 0 saturated carbocycles. The van der Waals surface area contributed by atoms with Gasteiger partial charge in [0.2, 0.25) is 0 Å². The first-order chi connectivity index (χ1) is 8.24. The van der Waals surface area contributed by atoms with Gasteiger partial charge in [-0.1, -0.05) is 13.0 Å². The van der Waals surface area contributed by atoms with Gasteiger partial charge in [-0.05, 0) is 23.9 Å². The lowest BCUT2D eigenvalue weighted by atomic mass is 10.1. The number of aromatic nitrogens is 2. The number of nitrogens with two attached hydrogens (primary N) is 1. The van der Waals surface area contributed by atoms with Gasteiger partial charge in [-0.2, -0.15) is 5.10 Å². The lowest BCUT2D eigenvalue weighted by molar-refractivity contribution is 0.537. The number of nitrogens with zero attached hydrogens (tertiary/aromatic N) is 2. The summed E-state index contributed by atoms with van der Waals surface area (Å²) in [6.07, 6.45) is 1.83. The second-order valence-electron chi connectivity index (χ2n) is 4.04. The molecule has 0 aliphatic heterocycles. The molecule has 0 fully saturated rings. The summed E-state index contributed by atoms with van der Waals surface area (Å²) in [5.74, 6) is 5.63. The fourth-order valence-corrected chi connectivity index (χ4v) is 2.66. The third-order valence-electron chi connectivity index (χ3n) is 2.89. The van der Waals surface area contributed by atoms with E-state index in [0.29, 0.717) is 0 Å². The Labute approximate surface area is 105 Å². The molecule has 0 aromatic carbocycles. The van der Waals surface area contributed by atoms with Gasteiger partial charge in [-0.15, -0.1) is 11.3 Å². The minimum absolute atomic E-state index is 0.162. The summed E-state index contributed by atoms with van der Waals surface area (Å²) in [5.41, 5.74) is 5.21. The maximum Gasteiger partial charge on any atom is 0.0624 e. The van der Waals surface area contributed by atoms with Gasteiger partial charge in [-0.25, -0.2) is 0 Å². The molecule has 0 radical (unpaired) electrons. The van der Waals surface area contributed by atoms with Crippen molar-refractivity contribution in [3.8, 4) is 0 Å². The Morgan fingerprint density at radius 2 is 2.41 bits per heavy atom. The lowest BCUT2D eigenvalue weighted by Gasteiger charge is -2.13. The Bertz CT molecular complexity index is 461. The third kappa shape index (κ3) is 2.74. The van der Waals surface area contributed by atoms with Crippen LogP contribution in [0.3, 0.4) is 0 Å². The molecule has 0 aliphatic rings. The van der Waals surface area contributed by atoms with Gasteiger partial charge in [0, 0.05) is 24.0 Å². The van der Waals surface area contributed by atoms with E-state index >= 15 is 0 Å². The highest BCUT2D eigenvalue weighted by molar-refractivity contribution is 7.10. The van der Waals surface area contributed by atoms with E-state index in [1.165, 1.54) is 10.6 Å². The van der Waals surface area contributed by atoms with Crippen molar-refractivity contribution < 1.29 is 0 Å². The number of hydrazine groups is 1. The Morgan fingerprint density at radius 1 is 1.59 bits per heavy atom. The largest absolute Gasteiger partial charge is 0.272 e. The topological polar surface area (TPSA) is 55.9 Å². The molecule has 0 aliphatic carbocycles. The Kier molecular flexibility index (Phi) is 3.93. The highest BCUT2D eigenvalue weighted by atomic mass is 32.1. The van der Waals surface area contributed by atoms with Gasteiger partial charge >= 0.3 is 0 Å². The summed E-state index contributed by atoms with van der Waals surface area (Å²) in [5, 5.41) is 6.52. The molecule has 2 rings (SSSR count). The van der Waals surface area contributed by atoms with Crippen LogP contribution >= 0.6 is 11.3 Å². The van der Waals surface area contributed by atoms with Gasteiger partial charge in [0.05, 0.1) is 11.7 Å². The fourth-order valence-electron chi connectivity index (χ4n) is 1.88. The first kappa shape index (κ1) is 12.3. The smallest absolute Gasteiger partial charge is 0.0624 e. The van der Waals surface area contributed by atoms with Gasteiger partial charge in [0.15, 0.2) is 0 Å². The minimum atomic E-state index is 0.162. The van der Waals surface area contributed by atoms with Gasteiger partial charge < -0.3 is 0 Å². The predicted octanol–water partition coefficient (Wildman–Crippen LogP) is 1.79. The summed E-state index contributed by atoms with van der Waals surface area (Å²) in [4.78, 5) is 1.26. The molecule has 0 spiro atoms. The zero-order chi connectivity index (χ0) is 12.3. The quantitative estimate of drug-likeness (QED) is 0.628. The van der Waals surface area contributed by atoms with E-state index in [2.05, 4.69) is 35.0 Å². The Hall–Kier alpha value is -1.17. The van der Waals surface area contributed by atoms with Crippen LogP contribution in [0.5, 0.6) is 0 Å². The molecule has 2 aromatic heterocycles. The molecule has 5 heteroatoms. The summed E-state index contributed by atoms with van der Waals surface area (Å²) >= 11 is 1.72. The molecular weight excluding hydrogens is 232 g/mol. The molecule has 2 aromatic rings. The van der Waals surface area contributed by atoms with Gasteiger partial charge in [0.25, 0.3) is 0 Å². The van der Waals surface area contributed by atoms with Crippen molar-refractivity contribution in [1.82, 2.24) is 15.2 Å². The van der Waals surface area contributed by atoms with E-state index in [-0.39, 0.29) is 6.04 Å². The van der Waals surface area contributed by atoms with E-state index in [4.69, 9.17) is 5.84 Å². The van der Waals surface area contributed by atoms with Crippen molar-refractivity contribution >= 4 is 11.3 Å². The molecule has 2 heterocycles. The number of rotatable bonds is 5. The summed E-state index contributed by atoms with van der Waals surface area (Å²) in [7, 11) is 1.98. The zero-order valence-corrected chi connectivity index (χ0v) is 11.0. The molecule has 4 nitrogen and oxygen atoms in total. The Balaban J connectivity index is 2.15. The van der Waals surface area contributed by atoms with Gasteiger partial charge in [0.1, 0.15) is 0 Å². The van der Waals surface area contributed by atoms with Crippen LogP contribution in [0, 0.1) is 0 Å². The molecule has 17 heavy (non-hydrogen) atoms. The highest BCUT2D eigenvalue weighted by Gasteiger charge is 2.14. The number of thiophene rings is 1. The van der Waals surface area contributed by atoms with Crippen molar-refractivity contribution in [2.24, 2.45) is 12.9 Å². The van der Waals surface area contributed by atoms with E-state index in [9.17, 15) is 0 Å². The van der Waals surface area contributed by atoms with Gasteiger partial charge in [-0.3, -0.25) is 16.0 Å². The molecule has 92 valence electrons. The highest BCUT2D eigenvalue weighted by Crippen LogP contribution is 2.22. The van der Waals surface area contributed by atoms with E-state index < -0.39 is 0 Å². The summed E-state index contributed by atoms with van der Waals surface area (Å²) in [6.45, 7) is 2.12. The minimum Gasteiger partial charge on any atom is -0.272 e. The molecular formula is C12H18N4S. The van der Waals surface area contributed by atoms with E-state index in [0.717, 1.165) is 18.5 Å². The molecule has 1 atom stereocenters. The number of nitrogens with one attached hydrogen (secondary N) is 1. The Morgan fingerprint density at radius 3 is 2.94 bits per heavy atom. The zero-order valence-electron chi connectivity index (χ0n) is 10.2. The number of hydrogen-bond donors (Lipinski definition) is 2. The first-order valence-corrected chi connectivity index (χ1v) is 6.64. The fraction of sp³-hybridized carbons (Fsp3) is 0.417. The average molecular weight is 250 g/mol. The van der Waals surface area contributed by atoms with Crippen LogP contribution in [0.1, 0.15) is 29.2 Å². The summed E-state index contributed by atoms with van der Waals surface area (Å²) in [6, 6.07) is 6.46. The maximum atomic E-state index is 5.63. The van der Waals surface area contributed by atoms with E-state index in [1.807, 2.05) is 17.8 Å². The average Bonchev–Trinajstić information content (AvgIpc) is 2.96. The monoisotopic (exact) mass is 250 g/mol. The van der Waals surface area contributed by atoms with Crippen LogP contribution in [-0.2, 0) is 19.9 Å². The summed E-state index contributed by atoms with van der Waals surface area (Å²) < 4.78 is 1.94. The molecule has 3 N–H and O–H groups in total. The molecule has 0 saturated heterocycles. The van der Waals surface area contributed by atoms with Crippen molar-refractivity contribution in [1.29, 1.82) is 0 Å². The van der Waals surface area contributed by atoms with Crippen molar-refractivity contribution in [3.63, 3.8) is 0 Å². The second kappa shape index (κ2) is 5.44. The second-order valence-corrected chi connectivity index (χ2v) is 5.02. The first-order valence-electron chi connectivity index (χ1n) is 5.76. The van der Waals surface area contributed by atoms with Crippen LogP contribution in [0.2, 0.25) is 0 Å². The molecule has 0 amide bonds. The van der Waals surface area contributed by atoms with Crippen molar-refractivity contribution in [3.05, 3.63) is 39.8 Å².